The van der Waals surface area contributed by atoms with E-state index in [9.17, 15) is 0 Å². The van der Waals surface area contributed by atoms with Gasteiger partial charge < -0.3 is 9.73 Å². The minimum absolute atomic E-state index is 0.909. The second kappa shape index (κ2) is 2.83. The van der Waals surface area contributed by atoms with Crippen molar-refractivity contribution in [1.82, 2.24) is 5.32 Å². The molecule has 0 radical (unpaired) electrons. The summed E-state index contributed by atoms with van der Waals surface area (Å²) in [4.78, 5) is 0. The average Bonchev–Trinajstić information content (AvgIpc) is 2.55. The summed E-state index contributed by atoms with van der Waals surface area (Å²) in [6.45, 7) is 1.86. The molecule has 1 aliphatic rings. The lowest BCUT2D eigenvalue weighted by Crippen LogP contribution is -2.07. The van der Waals surface area contributed by atoms with Gasteiger partial charge in [-0.1, -0.05) is 6.08 Å². The molecule has 1 aromatic heterocycles. The molecular formula is C8H8BrNO. The van der Waals surface area contributed by atoms with Crippen molar-refractivity contribution < 1.29 is 4.42 Å². The zero-order valence-electron chi connectivity index (χ0n) is 5.93. The van der Waals surface area contributed by atoms with Crippen molar-refractivity contribution >= 4 is 21.5 Å². The first-order valence-electron chi connectivity index (χ1n) is 3.51. The van der Waals surface area contributed by atoms with Crippen LogP contribution < -0.4 is 5.32 Å². The third-order valence-corrected chi connectivity index (χ3v) is 2.34. The Bertz CT molecular complexity index is 290. The molecule has 3 heteroatoms. The molecule has 58 valence electrons. The quantitative estimate of drug-likeness (QED) is 0.773. The molecule has 1 N–H and O–H groups in total. The number of hydrogen-bond acceptors (Lipinski definition) is 2. The number of halogens is 1. The molecule has 1 aliphatic heterocycles. The van der Waals surface area contributed by atoms with Crippen molar-refractivity contribution in [2.45, 2.75) is 0 Å². The van der Waals surface area contributed by atoms with Crippen molar-refractivity contribution in [1.29, 1.82) is 0 Å². The van der Waals surface area contributed by atoms with Crippen LogP contribution in [0.15, 0.2) is 27.3 Å². The van der Waals surface area contributed by atoms with Gasteiger partial charge in [-0.3, -0.25) is 0 Å². The van der Waals surface area contributed by atoms with Crippen LogP contribution in [-0.2, 0) is 0 Å². The van der Waals surface area contributed by atoms with E-state index in [1.807, 2.05) is 6.07 Å². The first kappa shape index (κ1) is 7.13. The summed E-state index contributed by atoms with van der Waals surface area (Å²) in [6, 6.07) is 1.91. The average molecular weight is 214 g/mol. The monoisotopic (exact) mass is 213 g/mol. The maximum absolute atomic E-state index is 5.29. The molecule has 0 unspecified atom stereocenters. The third kappa shape index (κ3) is 1.26. The van der Waals surface area contributed by atoms with Gasteiger partial charge in [0.25, 0.3) is 0 Å². The van der Waals surface area contributed by atoms with Gasteiger partial charge in [0, 0.05) is 18.7 Å². The lowest BCUT2D eigenvalue weighted by molar-refractivity contribution is 0.550. The van der Waals surface area contributed by atoms with Gasteiger partial charge in [-0.05, 0) is 22.0 Å². The lowest BCUT2D eigenvalue weighted by atomic mass is 10.2. The highest BCUT2D eigenvalue weighted by Crippen LogP contribution is 2.25. The van der Waals surface area contributed by atoms with Gasteiger partial charge in [-0.25, -0.2) is 0 Å². The van der Waals surface area contributed by atoms with Crippen LogP contribution in [0.2, 0.25) is 0 Å². The van der Waals surface area contributed by atoms with Crippen LogP contribution in [-0.4, -0.2) is 13.1 Å². The lowest BCUT2D eigenvalue weighted by Gasteiger charge is -1.95. The van der Waals surface area contributed by atoms with Gasteiger partial charge >= 0.3 is 0 Å². The van der Waals surface area contributed by atoms with E-state index < -0.39 is 0 Å². The summed E-state index contributed by atoms with van der Waals surface area (Å²) >= 11 is 3.41. The van der Waals surface area contributed by atoms with Crippen molar-refractivity contribution in [3.05, 3.63) is 28.6 Å². The molecule has 2 heterocycles. The molecule has 0 spiro atoms. The molecule has 0 atom stereocenters. The van der Waals surface area contributed by atoms with Crippen molar-refractivity contribution in [3.63, 3.8) is 0 Å². The van der Waals surface area contributed by atoms with E-state index in [1.165, 1.54) is 5.57 Å². The highest BCUT2D eigenvalue weighted by Gasteiger charge is 2.11. The minimum Gasteiger partial charge on any atom is -0.463 e. The highest BCUT2D eigenvalue weighted by molar-refractivity contribution is 9.10. The molecular weight excluding hydrogens is 206 g/mol. The number of hydrogen-bond donors (Lipinski definition) is 1. The summed E-state index contributed by atoms with van der Waals surface area (Å²) < 4.78 is 6.33. The zero-order chi connectivity index (χ0) is 7.68. The topological polar surface area (TPSA) is 25.2 Å². The fourth-order valence-corrected chi connectivity index (χ4v) is 1.63. The van der Waals surface area contributed by atoms with E-state index in [0.29, 0.717) is 0 Å². The summed E-state index contributed by atoms with van der Waals surface area (Å²) in [6.07, 6.45) is 3.84. The first-order chi connectivity index (χ1) is 5.38. The number of nitrogens with one attached hydrogen (secondary N) is 1. The molecule has 2 rings (SSSR count). The van der Waals surface area contributed by atoms with Crippen LogP contribution in [0, 0.1) is 0 Å². The Hall–Kier alpha value is -0.540. The third-order valence-electron chi connectivity index (χ3n) is 1.72. The minimum atomic E-state index is 0.909. The maximum atomic E-state index is 5.29. The highest BCUT2D eigenvalue weighted by atomic mass is 79.9. The Morgan fingerprint density at radius 3 is 3.00 bits per heavy atom. The van der Waals surface area contributed by atoms with E-state index in [1.54, 1.807) is 6.26 Å². The van der Waals surface area contributed by atoms with Crippen molar-refractivity contribution in [2.24, 2.45) is 0 Å². The largest absolute Gasteiger partial charge is 0.463 e. The van der Waals surface area contributed by atoms with Gasteiger partial charge in [-0.15, -0.1) is 0 Å². The standard InChI is InChI=1S/C8H8BrNO/c9-7-2-4-11-8(7)6-1-3-10-5-6/h1-2,4,10H,3,5H2. The Labute approximate surface area is 73.4 Å². The van der Waals surface area contributed by atoms with Gasteiger partial charge in [0.2, 0.25) is 0 Å². The van der Waals surface area contributed by atoms with Crippen molar-refractivity contribution in [3.8, 4) is 0 Å². The van der Waals surface area contributed by atoms with Crippen LogP contribution in [0.3, 0.4) is 0 Å². The summed E-state index contributed by atoms with van der Waals surface area (Å²) in [5, 5.41) is 3.21. The van der Waals surface area contributed by atoms with Crippen LogP contribution in [0.5, 0.6) is 0 Å². The molecule has 1 aromatic rings. The van der Waals surface area contributed by atoms with E-state index in [4.69, 9.17) is 4.42 Å². The molecule has 0 saturated carbocycles. The van der Waals surface area contributed by atoms with Gasteiger partial charge in [0.15, 0.2) is 0 Å². The van der Waals surface area contributed by atoms with E-state index in [0.717, 1.165) is 23.3 Å². The normalized spacial score (nSPS) is 17.0. The van der Waals surface area contributed by atoms with Crippen LogP contribution in [0.4, 0.5) is 0 Å². The molecule has 2 nitrogen and oxygen atoms in total. The van der Waals surface area contributed by atoms with Gasteiger partial charge in [0.05, 0.1) is 10.7 Å². The second-order valence-electron chi connectivity index (χ2n) is 2.46. The van der Waals surface area contributed by atoms with Crippen LogP contribution >= 0.6 is 15.9 Å². The van der Waals surface area contributed by atoms with E-state index in [-0.39, 0.29) is 0 Å². The SMILES string of the molecule is Brc1ccoc1C1=CCNC1. The molecule has 0 amide bonds. The Morgan fingerprint density at radius 2 is 2.45 bits per heavy atom. The first-order valence-corrected chi connectivity index (χ1v) is 4.30. The predicted molar refractivity (Wildman–Crippen MR) is 47.3 cm³/mol. The van der Waals surface area contributed by atoms with Gasteiger partial charge in [0.1, 0.15) is 5.76 Å². The van der Waals surface area contributed by atoms with E-state index in [2.05, 4.69) is 27.3 Å². The predicted octanol–water partition coefficient (Wildman–Crippen LogP) is 2.03. The molecule has 0 saturated heterocycles. The Balaban J connectivity index is 2.35. The van der Waals surface area contributed by atoms with Crippen LogP contribution in [0.1, 0.15) is 5.76 Å². The molecule has 0 bridgehead atoms. The Morgan fingerprint density at radius 1 is 1.55 bits per heavy atom. The number of rotatable bonds is 1. The second-order valence-corrected chi connectivity index (χ2v) is 3.31. The fourth-order valence-electron chi connectivity index (χ4n) is 1.17. The van der Waals surface area contributed by atoms with E-state index >= 15 is 0 Å². The summed E-state index contributed by atoms with van der Waals surface area (Å²) in [7, 11) is 0. The van der Waals surface area contributed by atoms with Crippen molar-refractivity contribution in [2.75, 3.05) is 13.1 Å². The smallest absolute Gasteiger partial charge is 0.145 e. The summed E-state index contributed by atoms with van der Waals surface area (Å²) in [5.41, 5.74) is 1.24. The van der Waals surface area contributed by atoms with Gasteiger partial charge in [-0.2, -0.15) is 0 Å². The molecule has 0 aliphatic carbocycles. The molecule has 0 aromatic carbocycles. The molecule has 0 fully saturated rings. The zero-order valence-corrected chi connectivity index (χ0v) is 7.52. The van der Waals surface area contributed by atoms with Crippen LogP contribution in [0.25, 0.3) is 5.57 Å². The maximum Gasteiger partial charge on any atom is 0.145 e. The number of furan rings is 1. The Kier molecular flexibility index (Phi) is 1.84. The fraction of sp³-hybridized carbons (Fsp3) is 0.250. The summed E-state index contributed by atoms with van der Waals surface area (Å²) in [5.74, 6) is 0.954. The molecule has 11 heavy (non-hydrogen) atoms.